The summed E-state index contributed by atoms with van der Waals surface area (Å²) in [6.07, 6.45) is 13.0. The summed E-state index contributed by atoms with van der Waals surface area (Å²) in [5.41, 5.74) is 0.573. The maximum Gasteiger partial charge on any atom is 0.0235 e. The molecule has 2 saturated heterocycles. The lowest BCUT2D eigenvalue weighted by Gasteiger charge is -2.40. The van der Waals surface area contributed by atoms with E-state index in [0.717, 1.165) is 6.04 Å². The summed E-state index contributed by atoms with van der Waals surface area (Å²) >= 11 is 0. The molecule has 2 heterocycles. The SMILES string of the molecule is CNCC1(CN2CCC(N3CCCCC3)C2)CCCCC1. The van der Waals surface area contributed by atoms with Crippen molar-refractivity contribution in [2.24, 2.45) is 5.41 Å². The quantitative estimate of drug-likeness (QED) is 0.841. The largest absolute Gasteiger partial charge is 0.319 e. The van der Waals surface area contributed by atoms with Gasteiger partial charge in [0, 0.05) is 25.7 Å². The molecule has 3 rings (SSSR count). The fourth-order valence-corrected chi connectivity index (χ4v) is 5.08. The average Bonchev–Trinajstić information content (AvgIpc) is 2.97. The van der Waals surface area contributed by atoms with E-state index in [2.05, 4.69) is 22.2 Å². The molecule has 0 aromatic rings. The minimum atomic E-state index is 0.573. The highest BCUT2D eigenvalue weighted by atomic mass is 15.3. The molecule has 0 aromatic heterocycles. The smallest absolute Gasteiger partial charge is 0.0235 e. The van der Waals surface area contributed by atoms with E-state index < -0.39 is 0 Å². The Morgan fingerprint density at radius 2 is 1.67 bits per heavy atom. The van der Waals surface area contributed by atoms with Gasteiger partial charge in [-0.2, -0.15) is 0 Å². The van der Waals surface area contributed by atoms with Crippen LogP contribution in [0.25, 0.3) is 0 Å². The van der Waals surface area contributed by atoms with Crippen LogP contribution in [0.1, 0.15) is 57.8 Å². The monoisotopic (exact) mass is 293 g/mol. The first-order chi connectivity index (χ1) is 10.3. The molecule has 3 nitrogen and oxygen atoms in total. The first kappa shape index (κ1) is 15.8. The molecule has 1 saturated carbocycles. The molecule has 3 heteroatoms. The topological polar surface area (TPSA) is 18.5 Å². The summed E-state index contributed by atoms with van der Waals surface area (Å²) in [5.74, 6) is 0. The van der Waals surface area contributed by atoms with Crippen molar-refractivity contribution in [3.05, 3.63) is 0 Å². The van der Waals surface area contributed by atoms with E-state index in [1.807, 2.05) is 0 Å². The Morgan fingerprint density at radius 3 is 2.38 bits per heavy atom. The molecule has 3 aliphatic rings. The Hall–Kier alpha value is -0.120. The van der Waals surface area contributed by atoms with Gasteiger partial charge in [0.25, 0.3) is 0 Å². The third-order valence-electron chi connectivity index (χ3n) is 6.18. The van der Waals surface area contributed by atoms with Crippen LogP contribution in [0, 0.1) is 5.41 Å². The summed E-state index contributed by atoms with van der Waals surface area (Å²) in [4.78, 5) is 5.58. The molecular formula is C18H35N3. The van der Waals surface area contributed by atoms with E-state index in [1.54, 1.807) is 0 Å². The fourth-order valence-electron chi connectivity index (χ4n) is 5.08. The molecule has 1 atom stereocenters. The Labute approximate surface area is 131 Å². The Morgan fingerprint density at radius 1 is 0.952 bits per heavy atom. The molecule has 3 fully saturated rings. The van der Waals surface area contributed by atoms with E-state index in [1.165, 1.54) is 97.1 Å². The van der Waals surface area contributed by atoms with Gasteiger partial charge in [-0.3, -0.25) is 4.90 Å². The highest BCUT2D eigenvalue weighted by Crippen LogP contribution is 2.37. The average molecular weight is 293 g/mol. The standard InChI is InChI=1S/C18H35N3/c1-19-15-18(9-4-2-5-10-18)16-20-13-8-17(14-20)21-11-6-3-7-12-21/h17,19H,2-16H2,1H3. The van der Waals surface area contributed by atoms with Crippen LogP contribution in [0.5, 0.6) is 0 Å². The van der Waals surface area contributed by atoms with Gasteiger partial charge in [-0.05, 0) is 64.2 Å². The molecule has 1 unspecified atom stereocenters. The molecule has 1 N–H and O–H groups in total. The second-order valence-electron chi connectivity index (χ2n) is 7.87. The van der Waals surface area contributed by atoms with Crippen molar-refractivity contribution < 1.29 is 0 Å². The van der Waals surface area contributed by atoms with Gasteiger partial charge < -0.3 is 10.2 Å². The van der Waals surface area contributed by atoms with E-state index in [4.69, 9.17) is 0 Å². The molecule has 1 aliphatic carbocycles. The van der Waals surface area contributed by atoms with Gasteiger partial charge in [-0.25, -0.2) is 0 Å². The lowest BCUT2D eigenvalue weighted by atomic mass is 9.73. The van der Waals surface area contributed by atoms with Crippen LogP contribution in [0.3, 0.4) is 0 Å². The van der Waals surface area contributed by atoms with Crippen molar-refractivity contribution in [2.45, 2.75) is 63.8 Å². The lowest BCUT2D eigenvalue weighted by molar-refractivity contribution is 0.107. The predicted octanol–water partition coefficient (Wildman–Crippen LogP) is 2.72. The van der Waals surface area contributed by atoms with Crippen molar-refractivity contribution in [3.8, 4) is 0 Å². The molecule has 0 radical (unpaired) electrons. The molecule has 21 heavy (non-hydrogen) atoms. The zero-order chi connectivity index (χ0) is 14.5. The van der Waals surface area contributed by atoms with Crippen molar-refractivity contribution >= 4 is 0 Å². The second kappa shape index (κ2) is 7.43. The van der Waals surface area contributed by atoms with Gasteiger partial charge >= 0.3 is 0 Å². The highest BCUT2D eigenvalue weighted by Gasteiger charge is 2.36. The van der Waals surface area contributed by atoms with E-state index in [0.29, 0.717) is 5.41 Å². The molecule has 0 spiro atoms. The van der Waals surface area contributed by atoms with Crippen LogP contribution in [-0.2, 0) is 0 Å². The molecule has 0 bridgehead atoms. The first-order valence-electron chi connectivity index (χ1n) is 9.42. The molecule has 0 aromatic carbocycles. The van der Waals surface area contributed by atoms with Crippen LogP contribution in [0.2, 0.25) is 0 Å². The maximum atomic E-state index is 3.49. The van der Waals surface area contributed by atoms with Gasteiger partial charge in [0.15, 0.2) is 0 Å². The van der Waals surface area contributed by atoms with Gasteiger partial charge in [0.2, 0.25) is 0 Å². The summed E-state index contributed by atoms with van der Waals surface area (Å²) in [6.45, 7) is 7.97. The summed E-state index contributed by atoms with van der Waals surface area (Å²) in [5, 5.41) is 3.49. The minimum absolute atomic E-state index is 0.573. The van der Waals surface area contributed by atoms with Crippen LogP contribution >= 0.6 is 0 Å². The van der Waals surface area contributed by atoms with Gasteiger partial charge in [-0.1, -0.05) is 25.7 Å². The molecule has 2 aliphatic heterocycles. The second-order valence-corrected chi connectivity index (χ2v) is 7.87. The zero-order valence-corrected chi connectivity index (χ0v) is 14.1. The van der Waals surface area contributed by atoms with E-state index in [9.17, 15) is 0 Å². The van der Waals surface area contributed by atoms with Gasteiger partial charge in [-0.15, -0.1) is 0 Å². The van der Waals surface area contributed by atoms with Crippen LogP contribution in [0.15, 0.2) is 0 Å². The predicted molar refractivity (Wildman–Crippen MR) is 89.7 cm³/mol. The number of likely N-dealkylation sites (tertiary alicyclic amines) is 2. The third-order valence-corrected chi connectivity index (χ3v) is 6.18. The Balaban J connectivity index is 1.52. The number of piperidine rings is 1. The van der Waals surface area contributed by atoms with Crippen molar-refractivity contribution in [3.63, 3.8) is 0 Å². The number of rotatable bonds is 5. The number of nitrogens with zero attached hydrogens (tertiary/aromatic N) is 2. The Kier molecular flexibility index (Phi) is 5.58. The number of nitrogens with one attached hydrogen (secondary N) is 1. The van der Waals surface area contributed by atoms with Crippen LogP contribution in [-0.4, -0.2) is 62.2 Å². The minimum Gasteiger partial charge on any atom is -0.319 e. The number of hydrogen-bond donors (Lipinski definition) is 1. The van der Waals surface area contributed by atoms with Gasteiger partial charge in [0.05, 0.1) is 0 Å². The molecular weight excluding hydrogens is 258 g/mol. The van der Waals surface area contributed by atoms with Crippen molar-refractivity contribution in [2.75, 3.05) is 46.3 Å². The molecule has 122 valence electrons. The fraction of sp³-hybridized carbons (Fsp3) is 1.00. The van der Waals surface area contributed by atoms with E-state index >= 15 is 0 Å². The summed E-state index contributed by atoms with van der Waals surface area (Å²) in [7, 11) is 2.14. The summed E-state index contributed by atoms with van der Waals surface area (Å²) in [6, 6.07) is 0.862. The lowest BCUT2D eigenvalue weighted by Crippen LogP contribution is -2.46. The molecule has 0 amide bonds. The number of hydrogen-bond acceptors (Lipinski definition) is 3. The van der Waals surface area contributed by atoms with Crippen molar-refractivity contribution in [1.82, 2.24) is 15.1 Å². The zero-order valence-electron chi connectivity index (χ0n) is 14.1. The highest BCUT2D eigenvalue weighted by molar-refractivity contribution is 4.92. The third kappa shape index (κ3) is 4.00. The van der Waals surface area contributed by atoms with Crippen LogP contribution in [0.4, 0.5) is 0 Å². The summed E-state index contributed by atoms with van der Waals surface area (Å²) < 4.78 is 0. The van der Waals surface area contributed by atoms with E-state index in [-0.39, 0.29) is 0 Å². The normalized spacial score (nSPS) is 31.6. The van der Waals surface area contributed by atoms with Crippen molar-refractivity contribution in [1.29, 1.82) is 0 Å². The Bertz CT molecular complexity index is 300. The van der Waals surface area contributed by atoms with Gasteiger partial charge in [0.1, 0.15) is 0 Å². The first-order valence-corrected chi connectivity index (χ1v) is 9.42. The van der Waals surface area contributed by atoms with Crippen LogP contribution < -0.4 is 5.32 Å². The maximum absolute atomic E-state index is 3.49.